The summed E-state index contributed by atoms with van der Waals surface area (Å²) in [5, 5.41) is 4.92. The van der Waals surface area contributed by atoms with Crippen molar-refractivity contribution < 1.29 is 0 Å². The Kier molecular flexibility index (Phi) is 7.74. The van der Waals surface area contributed by atoms with Crippen molar-refractivity contribution in [2.75, 3.05) is 0 Å². The predicted octanol–water partition coefficient (Wildman–Crippen LogP) is 15.1. The summed E-state index contributed by atoms with van der Waals surface area (Å²) >= 11 is 0. The zero-order valence-corrected chi connectivity index (χ0v) is 34.4. The first-order valence-electron chi connectivity index (χ1n) is 21.3. The summed E-state index contributed by atoms with van der Waals surface area (Å²) in [7, 11) is 0. The van der Waals surface area contributed by atoms with E-state index in [1.165, 1.54) is 77.4 Å². The SMILES string of the molecule is CC1(C)c2cc(-c3ccc(-c4nc(-c5ccccc5)cc(-c5ccc6c(c5)C(C)(c5ccccc5)c5ccccc5-6)n4)c4ccccc34)ccc2-c2c1ccc1ccccc21. The Morgan fingerprint density at radius 1 is 0.344 bits per heavy atom. The summed E-state index contributed by atoms with van der Waals surface area (Å²) in [5.74, 6) is 0.714. The standard InChI is InChI=1S/C59H42N2/c1-58(2)51-33-28-37-16-10-11-21-43(37)56(51)49-30-26-39(34-52(49)58)42-31-32-48(45-23-13-12-22-44(42)45)57-60-54(38-17-6-4-7-18-38)36-55(61-57)40-27-29-47-46-24-14-15-25-50(46)59(3,53(47)35-40)41-19-8-5-9-20-41/h4-36H,1-3H3. The van der Waals surface area contributed by atoms with Crippen molar-refractivity contribution in [1.82, 2.24) is 9.97 Å². The second kappa shape index (κ2) is 13.3. The van der Waals surface area contributed by atoms with Gasteiger partial charge in [0.2, 0.25) is 0 Å². The molecule has 2 nitrogen and oxygen atoms in total. The maximum Gasteiger partial charge on any atom is 0.161 e. The second-order valence-electron chi connectivity index (χ2n) is 17.4. The molecule has 0 fully saturated rings. The van der Waals surface area contributed by atoms with Crippen LogP contribution in [0, 0.1) is 0 Å². The molecule has 61 heavy (non-hydrogen) atoms. The average Bonchev–Trinajstić information content (AvgIpc) is 3.72. The maximum absolute atomic E-state index is 5.45. The minimum absolute atomic E-state index is 0.124. The lowest BCUT2D eigenvalue weighted by Gasteiger charge is -2.28. The van der Waals surface area contributed by atoms with E-state index >= 15 is 0 Å². The van der Waals surface area contributed by atoms with Gasteiger partial charge in [0.1, 0.15) is 0 Å². The molecule has 0 saturated carbocycles. The summed E-state index contributed by atoms with van der Waals surface area (Å²) in [6.07, 6.45) is 0. The Morgan fingerprint density at radius 2 is 0.918 bits per heavy atom. The molecule has 2 heteroatoms. The fourth-order valence-corrected chi connectivity index (χ4v) is 10.6. The Hall–Kier alpha value is -7.42. The number of hydrogen-bond acceptors (Lipinski definition) is 2. The molecule has 0 aliphatic heterocycles. The summed E-state index contributed by atoms with van der Waals surface area (Å²) in [5.41, 5.74) is 18.9. The highest BCUT2D eigenvalue weighted by molar-refractivity contribution is 6.06. The second-order valence-corrected chi connectivity index (χ2v) is 17.4. The van der Waals surface area contributed by atoms with Crippen molar-refractivity contribution in [3.63, 3.8) is 0 Å². The van der Waals surface area contributed by atoms with Gasteiger partial charge in [0, 0.05) is 27.5 Å². The monoisotopic (exact) mass is 778 g/mol. The van der Waals surface area contributed by atoms with E-state index in [2.05, 4.69) is 221 Å². The van der Waals surface area contributed by atoms with E-state index in [9.17, 15) is 0 Å². The van der Waals surface area contributed by atoms with Crippen LogP contribution in [0.25, 0.3) is 88.8 Å². The van der Waals surface area contributed by atoms with Gasteiger partial charge in [0.15, 0.2) is 5.82 Å². The zero-order valence-electron chi connectivity index (χ0n) is 34.4. The van der Waals surface area contributed by atoms with Crippen molar-refractivity contribution in [3.05, 3.63) is 228 Å². The Bertz CT molecular complexity index is 3400. The number of hydrogen-bond donors (Lipinski definition) is 0. The number of rotatable bonds is 5. The molecule has 2 aliphatic rings. The van der Waals surface area contributed by atoms with Gasteiger partial charge in [-0.15, -0.1) is 0 Å². The van der Waals surface area contributed by atoms with Crippen LogP contribution in [0.1, 0.15) is 48.6 Å². The molecule has 288 valence electrons. The Balaban J connectivity index is 1.01. The van der Waals surface area contributed by atoms with E-state index in [4.69, 9.17) is 9.97 Å². The van der Waals surface area contributed by atoms with Crippen molar-refractivity contribution in [1.29, 1.82) is 0 Å². The minimum Gasteiger partial charge on any atom is -0.228 e. The van der Waals surface area contributed by atoms with Crippen LogP contribution in [0.4, 0.5) is 0 Å². The molecule has 2 aliphatic carbocycles. The topological polar surface area (TPSA) is 25.8 Å². The van der Waals surface area contributed by atoms with E-state index in [0.717, 1.165) is 33.5 Å². The molecule has 0 saturated heterocycles. The van der Waals surface area contributed by atoms with E-state index in [-0.39, 0.29) is 10.8 Å². The highest BCUT2D eigenvalue weighted by Gasteiger charge is 2.41. The highest BCUT2D eigenvalue weighted by atomic mass is 14.9. The lowest BCUT2D eigenvalue weighted by atomic mass is 9.74. The third-order valence-electron chi connectivity index (χ3n) is 13.8. The maximum atomic E-state index is 5.45. The van der Waals surface area contributed by atoms with Crippen LogP contribution < -0.4 is 0 Å². The van der Waals surface area contributed by atoms with Gasteiger partial charge in [0.05, 0.1) is 11.4 Å². The first-order chi connectivity index (χ1) is 29.9. The van der Waals surface area contributed by atoms with E-state index in [1.54, 1.807) is 0 Å². The molecule has 0 radical (unpaired) electrons. The molecule has 10 aromatic rings. The van der Waals surface area contributed by atoms with Gasteiger partial charge < -0.3 is 0 Å². The van der Waals surface area contributed by atoms with Gasteiger partial charge in [-0.3, -0.25) is 0 Å². The van der Waals surface area contributed by atoms with Crippen LogP contribution in [-0.2, 0) is 10.8 Å². The normalized spacial score (nSPS) is 15.7. The fourth-order valence-electron chi connectivity index (χ4n) is 10.6. The van der Waals surface area contributed by atoms with Gasteiger partial charge in [-0.05, 0) is 114 Å². The highest BCUT2D eigenvalue weighted by Crippen LogP contribution is 2.54. The molecular weight excluding hydrogens is 737 g/mol. The summed E-state index contributed by atoms with van der Waals surface area (Å²) in [6.45, 7) is 7.11. The van der Waals surface area contributed by atoms with Gasteiger partial charge in [-0.2, -0.15) is 0 Å². The molecule has 1 heterocycles. The van der Waals surface area contributed by atoms with E-state index < -0.39 is 0 Å². The molecule has 0 spiro atoms. The molecule has 1 atom stereocenters. The first-order valence-corrected chi connectivity index (χ1v) is 21.3. The summed E-state index contributed by atoms with van der Waals surface area (Å²) in [6, 6.07) is 73.1. The smallest absolute Gasteiger partial charge is 0.161 e. The first kappa shape index (κ1) is 35.5. The van der Waals surface area contributed by atoms with Crippen molar-refractivity contribution in [2.24, 2.45) is 0 Å². The van der Waals surface area contributed by atoms with Crippen LogP contribution in [0.5, 0.6) is 0 Å². The molecular formula is C59H42N2. The summed E-state index contributed by atoms with van der Waals surface area (Å²) < 4.78 is 0. The lowest BCUT2D eigenvalue weighted by molar-refractivity contribution is 0.661. The molecule has 0 bridgehead atoms. The van der Waals surface area contributed by atoms with Crippen molar-refractivity contribution in [3.8, 4) is 67.3 Å². The number of fused-ring (bicyclic) bond motifs is 9. The van der Waals surface area contributed by atoms with Crippen molar-refractivity contribution in [2.45, 2.75) is 31.6 Å². The molecule has 1 unspecified atom stereocenters. The molecule has 12 rings (SSSR count). The number of benzene rings is 9. The summed E-state index contributed by atoms with van der Waals surface area (Å²) in [4.78, 5) is 10.8. The Labute approximate surface area is 356 Å². The van der Waals surface area contributed by atoms with E-state index in [0.29, 0.717) is 5.82 Å². The molecule has 0 N–H and O–H groups in total. The van der Waals surface area contributed by atoms with Gasteiger partial charge in [0.25, 0.3) is 0 Å². The van der Waals surface area contributed by atoms with Gasteiger partial charge >= 0.3 is 0 Å². The fraction of sp³-hybridized carbons (Fsp3) is 0.0847. The zero-order chi connectivity index (χ0) is 40.9. The quantitative estimate of drug-likeness (QED) is 0.174. The third kappa shape index (κ3) is 5.28. The molecule has 0 amide bonds. The van der Waals surface area contributed by atoms with E-state index in [1.807, 2.05) is 0 Å². The molecule has 1 aromatic heterocycles. The van der Waals surface area contributed by atoms with Crippen LogP contribution in [0.3, 0.4) is 0 Å². The average molecular weight is 779 g/mol. The Morgan fingerprint density at radius 3 is 1.72 bits per heavy atom. The van der Waals surface area contributed by atoms with Crippen LogP contribution in [0.2, 0.25) is 0 Å². The van der Waals surface area contributed by atoms with Crippen LogP contribution in [0.15, 0.2) is 200 Å². The largest absolute Gasteiger partial charge is 0.228 e. The number of aromatic nitrogens is 2. The van der Waals surface area contributed by atoms with Crippen molar-refractivity contribution >= 4 is 21.5 Å². The van der Waals surface area contributed by atoms with Gasteiger partial charge in [-0.1, -0.05) is 190 Å². The minimum atomic E-state index is -0.309. The third-order valence-corrected chi connectivity index (χ3v) is 13.8. The van der Waals surface area contributed by atoms with Crippen LogP contribution >= 0.6 is 0 Å². The molecule has 9 aromatic carbocycles. The number of nitrogens with zero attached hydrogens (tertiary/aromatic N) is 2. The predicted molar refractivity (Wildman–Crippen MR) is 254 cm³/mol. The lowest BCUT2D eigenvalue weighted by Crippen LogP contribution is -2.22. The van der Waals surface area contributed by atoms with Crippen LogP contribution in [-0.4, -0.2) is 9.97 Å². The van der Waals surface area contributed by atoms with Gasteiger partial charge in [-0.25, -0.2) is 9.97 Å².